The normalized spacial score (nSPS) is 24.3. The van der Waals surface area contributed by atoms with Gasteiger partial charge in [-0.25, -0.2) is 0 Å². The van der Waals surface area contributed by atoms with E-state index in [2.05, 4.69) is 52.4 Å². The highest BCUT2D eigenvalue weighted by atomic mass is 15.2. The zero-order valence-corrected chi connectivity index (χ0v) is 14.7. The van der Waals surface area contributed by atoms with E-state index in [4.69, 9.17) is 0 Å². The summed E-state index contributed by atoms with van der Waals surface area (Å²) in [6.45, 7) is 11.1. The maximum Gasteiger partial charge on any atom is 0.00915 e. The van der Waals surface area contributed by atoms with Gasteiger partial charge in [0.05, 0.1) is 0 Å². The Labute approximate surface area is 142 Å². The second kappa shape index (κ2) is 8.81. The molecule has 2 saturated heterocycles. The van der Waals surface area contributed by atoms with E-state index in [0.717, 1.165) is 12.0 Å². The van der Waals surface area contributed by atoms with Gasteiger partial charge in [-0.05, 0) is 69.9 Å². The van der Waals surface area contributed by atoms with Crippen molar-refractivity contribution in [2.75, 3.05) is 45.8 Å². The van der Waals surface area contributed by atoms with Gasteiger partial charge in [0, 0.05) is 19.1 Å². The van der Waals surface area contributed by atoms with Crippen molar-refractivity contribution >= 4 is 0 Å². The van der Waals surface area contributed by atoms with Crippen molar-refractivity contribution in [1.82, 2.24) is 15.1 Å². The summed E-state index contributed by atoms with van der Waals surface area (Å²) < 4.78 is 0. The first-order valence-corrected chi connectivity index (χ1v) is 9.55. The van der Waals surface area contributed by atoms with Gasteiger partial charge in [-0.1, -0.05) is 37.3 Å². The first-order chi connectivity index (χ1) is 11.3. The van der Waals surface area contributed by atoms with Gasteiger partial charge in [0.1, 0.15) is 0 Å². The molecule has 1 N–H and O–H groups in total. The number of nitrogens with zero attached hydrogens (tertiary/aromatic N) is 2. The topological polar surface area (TPSA) is 18.5 Å². The Morgan fingerprint density at radius 1 is 1.00 bits per heavy atom. The van der Waals surface area contributed by atoms with Gasteiger partial charge in [0.25, 0.3) is 0 Å². The molecule has 1 aromatic rings. The molecule has 0 aromatic heterocycles. The van der Waals surface area contributed by atoms with Crippen molar-refractivity contribution in [1.29, 1.82) is 0 Å². The van der Waals surface area contributed by atoms with Crippen LogP contribution in [0.2, 0.25) is 0 Å². The molecular formula is C20H33N3. The van der Waals surface area contributed by atoms with E-state index in [0.29, 0.717) is 0 Å². The molecule has 23 heavy (non-hydrogen) atoms. The quantitative estimate of drug-likeness (QED) is 0.834. The van der Waals surface area contributed by atoms with Crippen LogP contribution in [-0.2, 0) is 6.42 Å². The third kappa shape index (κ3) is 5.30. The molecule has 128 valence electrons. The minimum atomic E-state index is 0.749. The summed E-state index contributed by atoms with van der Waals surface area (Å²) in [5, 5.41) is 3.85. The third-order valence-corrected chi connectivity index (χ3v) is 5.66. The molecule has 1 aromatic carbocycles. The van der Waals surface area contributed by atoms with Gasteiger partial charge >= 0.3 is 0 Å². The lowest BCUT2D eigenvalue weighted by atomic mass is 10.0. The maximum atomic E-state index is 3.85. The molecular weight excluding hydrogens is 282 g/mol. The van der Waals surface area contributed by atoms with E-state index in [-0.39, 0.29) is 0 Å². The molecule has 0 unspecified atom stereocenters. The van der Waals surface area contributed by atoms with Crippen LogP contribution in [0.3, 0.4) is 0 Å². The molecule has 3 nitrogen and oxygen atoms in total. The number of rotatable bonds is 7. The lowest BCUT2D eigenvalue weighted by molar-refractivity contribution is 0.196. The summed E-state index contributed by atoms with van der Waals surface area (Å²) >= 11 is 0. The molecule has 2 fully saturated rings. The summed E-state index contributed by atoms with van der Waals surface area (Å²) in [5.41, 5.74) is 1.47. The largest absolute Gasteiger partial charge is 0.314 e. The lowest BCUT2D eigenvalue weighted by Crippen LogP contribution is -2.44. The molecule has 1 atom stereocenters. The van der Waals surface area contributed by atoms with Gasteiger partial charge in [-0.2, -0.15) is 0 Å². The molecule has 2 aliphatic rings. The minimum Gasteiger partial charge on any atom is -0.314 e. The molecule has 3 heteroatoms. The second-order valence-electron chi connectivity index (χ2n) is 7.31. The van der Waals surface area contributed by atoms with Crippen LogP contribution < -0.4 is 5.32 Å². The highest BCUT2D eigenvalue weighted by Crippen LogP contribution is 2.16. The zero-order chi connectivity index (χ0) is 15.9. The monoisotopic (exact) mass is 315 g/mol. The Hall–Kier alpha value is -0.900. The van der Waals surface area contributed by atoms with Crippen LogP contribution in [0.15, 0.2) is 30.3 Å². The van der Waals surface area contributed by atoms with Crippen LogP contribution in [0, 0.1) is 5.92 Å². The first-order valence-electron chi connectivity index (χ1n) is 9.55. The zero-order valence-electron chi connectivity index (χ0n) is 14.7. The Bertz CT molecular complexity index is 439. The number of hydrogen-bond acceptors (Lipinski definition) is 3. The van der Waals surface area contributed by atoms with Gasteiger partial charge in [0.15, 0.2) is 0 Å². The van der Waals surface area contributed by atoms with Crippen molar-refractivity contribution in [3.8, 4) is 0 Å². The van der Waals surface area contributed by atoms with Gasteiger partial charge in [0.2, 0.25) is 0 Å². The summed E-state index contributed by atoms with van der Waals surface area (Å²) in [7, 11) is 0. The van der Waals surface area contributed by atoms with E-state index in [1.807, 2.05) is 0 Å². The first kappa shape index (κ1) is 16.9. The summed E-state index contributed by atoms with van der Waals surface area (Å²) in [6, 6.07) is 11.6. The number of benzene rings is 1. The molecule has 2 heterocycles. The fourth-order valence-electron chi connectivity index (χ4n) is 3.99. The van der Waals surface area contributed by atoms with Crippen molar-refractivity contribution in [3.63, 3.8) is 0 Å². The average Bonchev–Trinajstić information content (AvgIpc) is 3.08. The highest BCUT2D eigenvalue weighted by Gasteiger charge is 2.23. The van der Waals surface area contributed by atoms with Crippen LogP contribution in [0.4, 0.5) is 0 Å². The van der Waals surface area contributed by atoms with E-state index in [9.17, 15) is 0 Å². The Kier molecular flexibility index (Phi) is 6.49. The fourth-order valence-corrected chi connectivity index (χ4v) is 3.99. The maximum absolute atomic E-state index is 3.85. The van der Waals surface area contributed by atoms with Gasteiger partial charge in [-0.15, -0.1) is 0 Å². The third-order valence-electron chi connectivity index (χ3n) is 5.66. The van der Waals surface area contributed by atoms with E-state index >= 15 is 0 Å². The predicted molar refractivity (Wildman–Crippen MR) is 97.8 cm³/mol. The molecule has 0 bridgehead atoms. The molecule has 0 aliphatic carbocycles. The lowest BCUT2D eigenvalue weighted by Gasteiger charge is -2.33. The standard InChI is InChI=1S/C20H33N3/c1-2-22-12-9-19(17-22)16-21-20-10-14-23(15-11-20)13-8-18-6-4-3-5-7-18/h3-7,19-21H,2,8-17H2,1H3/t19-/m1/s1. The van der Waals surface area contributed by atoms with Crippen molar-refractivity contribution in [2.45, 2.75) is 38.6 Å². The Morgan fingerprint density at radius 3 is 2.43 bits per heavy atom. The Balaban J connectivity index is 1.30. The molecule has 3 rings (SSSR count). The van der Waals surface area contributed by atoms with Crippen molar-refractivity contribution in [2.24, 2.45) is 5.92 Å². The number of piperidine rings is 1. The minimum absolute atomic E-state index is 0.749. The van der Waals surface area contributed by atoms with Gasteiger partial charge in [-0.3, -0.25) is 0 Å². The Morgan fingerprint density at radius 2 is 1.74 bits per heavy atom. The summed E-state index contributed by atoms with van der Waals surface area (Å²) in [5.74, 6) is 0.881. The number of hydrogen-bond donors (Lipinski definition) is 1. The summed E-state index contributed by atoms with van der Waals surface area (Å²) in [6.07, 6.45) is 5.21. The molecule has 2 aliphatic heterocycles. The van der Waals surface area contributed by atoms with E-state index in [1.165, 1.54) is 77.1 Å². The molecule has 0 amide bonds. The van der Waals surface area contributed by atoms with Crippen LogP contribution in [0.25, 0.3) is 0 Å². The molecule has 0 saturated carbocycles. The average molecular weight is 316 g/mol. The fraction of sp³-hybridized carbons (Fsp3) is 0.700. The van der Waals surface area contributed by atoms with Crippen molar-refractivity contribution < 1.29 is 0 Å². The highest BCUT2D eigenvalue weighted by molar-refractivity contribution is 5.14. The van der Waals surface area contributed by atoms with Gasteiger partial charge < -0.3 is 15.1 Å². The second-order valence-corrected chi connectivity index (χ2v) is 7.31. The van der Waals surface area contributed by atoms with Crippen LogP contribution in [0.1, 0.15) is 31.7 Å². The van der Waals surface area contributed by atoms with E-state index < -0.39 is 0 Å². The molecule has 0 spiro atoms. The predicted octanol–water partition coefficient (Wildman–Crippen LogP) is 2.62. The number of nitrogens with one attached hydrogen (secondary N) is 1. The van der Waals surface area contributed by atoms with Crippen molar-refractivity contribution in [3.05, 3.63) is 35.9 Å². The van der Waals surface area contributed by atoms with Crippen LogP contribution in [0.5, 0.6) is 0 Å². The SMILES string of the molecule is CCN1CC[C@H](CNC2CCN(CCc3ccccc3)CC2)C1. The van der Waals surface area contributed by atoms with E-state index in [1.54, 1.807) is 0 Å². The number of likely N-dealkylation sites (tertiary alicyclic amines) is 2. The summed E-state index contributed by atoms with van der Waals surface area (Å²) in [4.78, 5) is 5.22. The van der Waals surface area contributed by atoms with Crippen LogP contribution in [-0.4, -0.2) is 61.7 Å². The smallest absolute Gasteiger partial charge is 0.00915 e. The van der Waals surface area contributed by atoms with Crippen LogP contribution >= 0.6 is 0 Å². The molecule has 0 radical (unpaired) electrons.